The lowest BCUT2D eigenvalue weighted by Gasteiger charge is -2.32. The third-order valence-electron chi connectivity index (χ3n) is 11.2. The van der Waals surface area contributed by atoms with Gasteiger partial charge < -0.3 is 32.5 Å². The summed E-state index contributed by atoms with van der Waals surface area (Å²) < 4.78 is 128. The van der Waals surface area contributed by atoms with Gasteiger partial charge >= 0.3 is 30.6 Å². The summed E-state index contributed by atoms with van der Waals surface area (Å²) in [6.07, 6.45) is -11.6. The Bertz CT molecular complexity index is 3190. The van der Waals surface area contributed by atoms with Gasteiger partial charge in [-0.2, -0.15) is 31.2 Å². The van der Waals surface area contributed by atoms with Crippen molar-refractivity contribution in [3.8, 4) is 23.2 Å². The zero-order chi connectivity index (χ0) is 61.9. The molecule has 83 heavy (non-hydrogen) atoms. The highest BCUT2D eigenvalue weighted by molar-refractivity contribution is 9.10. The van der Waals surface area contributed by atoms with Crippen molar-refractivity contribution in [2.75, 3.05) is 10.2 Å². The second-order valence-corrected chi connectivity index (χ2v) is 23.1. The first-order valence-corrected chi connectivity index (χ1v) is 27.1. The molecule has 0 aliphatic carbocycles. The largest absolute Gasteiger partial charge is 0.444 e. The molecule has 0 saturated heterocycles. The summed E-state index contributed by atoms with van der Waals surface area (Å²) in [5.41, 5.74) is -7.09. The van der Waals surface area contributed by atoms with Crippen molar-refractivity contribution in [1.82, 2.24) is 30.4 Å². The van der Waals surface area contributed by atoms with E-state index in [0.717, 1.165) is 0 Å². The van der Waals surface area contributed by atoms with Gasteiger partial charge in [0.15, 0.2) is 11.4 Å². The van der Waals surface area contributed by atoms with Crippen molar-refractivity contribution in [2.24, 2.45) is 0 Å². The highest BCUT2D eigenvalue weighted by atomic mass is 79.9. The van der Waals surface area contributed by atoms with E-state index in [-0.39, 0.29) is 52.7 Å². The molecule has 0 aliphatic heterocycles. The second kappa shape index (κ2) is 27.1. The van der Waals surface area contributed by atoms with Crippen molar-refractivity contribution < 1.29 is 73.2 Å². The zero-order valence-corrected chi connectivity index (χ0v) is 50.6. The molecule has 6 aromatic rings. The predicted molar refractivity (Wildman–Crippen MR) is 302 cm³/mol. The van der Waals surface area contributed by atoms with Crippen LogP contribution < -0.4 is 10.2 Å². The SMILES string of the molecule is C=CCC[C@@](OCc1ccccc1)(c1nnc(-c2nc(Br)c(C)cc2N(C(=O)OC(C)(C)C)C(=O)OC(C)(C)C)o1)C(F)(F)F.C=CCC[C@@](OCc1ccccc1)(c1nnc(-c2nc(Br)c(C)cc2NC(=O)OC(C)(C)C)o1)C(F)(F)F. The lowest BCUT2D eigenvalue weighted by molar-refractivity contribution is -0.299. The van der Waals surface area contributed by atoms with Gasteiger partial charge in [-0.05, 0) is 168 Å². The number of hydrogen-bond donors (Lipinski definition) is 1. The number of aromatic nitrogens is 6. The number of amides is 3. The maximum absolute atomic E-state index is 14.9. The number of anilines is 2. The normalized spacial score (nSPS) is 13.6. The average Bonchev–Trinajstić information content (AvgIpc) is 2.16. The predicted octanol–water partition coefficient (Wildman–Crippen LogP) is 16.3. The quantitative estimate of drug-likeness (QED) is 0.0366. The molecule has 0 fully saturated rings. The molecule has 0 bridgehead atoms. The lowest BCUT2D eigenvalue weighted by Crippen LogP contribution is -2.45. The highest BCUT2D eigenvalue weighted by Gasteiger charge is 2.62. The average molecular weight is 1290 g/mol. The molecule has 4 heterocycles. The summed E-state index contributed by atoms with van der Waals surface area (Å²) in [5, 5.41) is 17.8. The van der Waals surface area contributed by atoms with Crippen LogP contribution in [0.5, 0.6) is 0 Å². The number of benzene rings is 2. The number of carbonyl (C=O) groups is 3. The van der Waals surface area contributed by atoms with Crippen molar-refractivity contribution in [2.45, 2.75) is 155 Å². The number of pyridine rings is 2. The molecule has 18 nitrogen and oxygen atoms in total. The first-order chi connectivity index (χ1) is 38.5. The van der Waals surface area contributed by atoms with Crippen LogP contribution in [-0.2, 0) is 48.1 Å². The van der Waals surface area contributed by atoms with Crippen LogP contribution >= 0.6 is 31.9 Å². The Kier molecular flexibility index (Phi) is 21.8. The molecule has 2 atom stereocenters. The fourth-order valence-electron chi connectivity index (χ4n) is 7.36. The molecule has 0 saturated carbocycles. The third kappa shape index (κ3) is 17.7. The Morgan fingerprint density at radius 1 is 0.590 bits per heavy atom. The number of nitrogens with zero attached hydrogens (tertiary/aromatic N) is 7. The summed E-state index contributed by atoms with van der Waals surface area (Å²) in [4.78, 5) is 48.5. The first-order valence-electron chi connectivity index (χ1n) is 25.5. The van der Waals surface area contributed by atoms with E-state index in [4.69, 9.17) is 32.5 Å². The lowest BCUT2D eigenvalue weighted by atomic mass is 9.96. The van der Waals surface area contributed by atoms with E-state index in [1.807, 2.05) is 0 Å². The van der Waals surface area contributed by atoms with E-state index >= 15 is 0 Å². The van der Waals surface area contributed by atoms with Gasteiger partial charge in [0.2, 0.25) is 11.2 Å². The minimum absolute atomic E-state index is 0.0359. The molecule has 3 amide bonds. The van der Waals surface area contributed by atoms with Crippen LogP contribution in [0.2, 0.25) is 0 Å². The Morgan fingerprint density at radius 2 is 0.976 bits per heavy atom. The van der Waals surface area contributed by atoms with Gasteiger partial charge in [-0.15, -0.1) is 33.6 Å². The van der Waals surface area contributed by atoms with E-state index in [0.29, 0.717) is 31.8 Å². The smallest absolute Gasteiger partial charge is 0.426 e. The highest BCUT2D eigenvalue weighted by Crippen LogP contribution is 2.49. The van der Waals surface area contributed by atoms with E-state index in [9.17, 15) is 40.7 Å². The molecule has 0 unspecified atom stereocenters. The summed E-state index contributed by atoms with van der Waals surface area (Å²) in [7, 11) is 0. The Labute approximate surface area is 493 Å². The van der Waals surface area contributed by atoms with E-state index < -0.39 is 95.8 Å². The molecule has 6 rings (SSSR count). The summed E-state index contributed by atoms with van der Waals surface area (Å²) in [5.74, 6) is -2.55. The number of imide groups is 1. The van der Waals surface area contributed by atoms with Gasteiger partial charge in [0.25, 0.3) is 23.6 Å². The van der Waals surface area contributed by atoms with E-state index in [2.05, 4.69) is 80.7 Å². The molecule has 1 N–H and O–H groups in total. The molecule has 0 aliphatic rings. The van der Waals surface area contributed by atoms with E-state index in [1.54, 1.807) is 143 Å². The topological polar surface area (TPSA) is 216 Å². The monoisotopic (exact) mass is 1290 g/mol. The fourth-order valence-corrected chi connectivity index (χ4v) is 7.94. The second-order valence-electron chi connectivity index (χ2n) is 21.6. The summed E-state index contributed by atoms with van der Waals surface area (Å²) >= 11 is 6.59. The van der Waals surface area contributed by atoms with Crippen molar-refractivity contribution in [3.63, 3.8) is 0 Å². The number of allylic oxidation sites excluding steroid dienone is 2. The minimum Gasteiger partial charge on any atom is -0.444 e. The molecule has 0 radical (unpaired) electrons. The van der Waals surface area contributed by atoms with Crippen LogP contribution in [0.3, 0.4) is 0 Å². The number of aryl methyl sites for hydroxylation is 2. The minimum atomic E-state index is -5.00. The van der Waals surface area contributed by atoms with Crippen molar-refractivity contribution in [1.29, 1.82) is 0 Å². The molecular weight excluding hydrogens is 1230 g/mol. The first kappa shape index (κ1) is 66.8. The standard InChI is InChI=1S/C31H36BrF3N4O6.C26H28BrF3N4O4/c1-9-10-16-30(31(33,34)35,42-18-20-14-12-11-13-15-20)25-38-37-24(43-25)22-21(17-19(2)23(32)36-22)39(26(40)44-28(3,4)5)27(41)45-29(6,7)8;1-6-7-13-25(26(28,29)30,36-15-17-11-9-8-10-12-17)22-34-33-21(37-22)19-18(14-16(2)20(27)32-19)31-23(35)38-24(3,4)5/h9,11-15,17H,1,10,16,18H2,2-8H3;6,8-12,14H,1,7,13,15H2,2-5H3,(H,31,35)/t30-;25-/m11/s1. The third-order valence-corrected chi connectivity index (χ3v) is 12.8. The van der Waals surface area contributed by atoms with Gasteiger partial charge in [-0.3, -0.25) is 5.32 Å². The molecule has 26 heteroatoms. The fraction of sp³-hybridized carbons (Fsp3) is 0.421. The van der Waals surface area contributed by atoms with Gasteiger partial charge in [-0.1, -0.05) is 72.8 Å². The summed E-state index contributed by atoms with van der Waals surface area (Å²) in [6.45, 7) is 24.4. The maximum atomic E-state index is 14.9. The number of rotatable bonds is 18. The van der Waals surface area contributed by atoms with E-state index in [1.165, 1.54) is 18.2 Å². The van der Waals surface area contributed by atoms with Crippen LogP contribution in [0, 0.1) is 13.8 Å². The molecule has 448 valence electrons. The zero-order valence-electron chi connectivity index (χ0n) is 47.5. The molecule has 2 aromatic carbocycles. The molecule has 4 aromatic heterocycles. The summed E-state index contributed by atoms with van der Waals surface area (Å²) in [6, 6.07) is 19.7. The van der Waals surface area contributed by atoms with Gasteiger partial charge in [0, 0.05) is 0 Å². The number of hydrogen-bond acceptors (Lipinski definition) is 16. The number of halogens is 8. The number of ether oxygens (including phenoxy) is 5. The Morgan fingerprint density at radius 3 is 1.36 bits per heavy atom. The van der Waals surface area contributed by atoms with Gasteiger partial charge in [0.1, 0.15) is 26.0 Å². The van der Waals surface area contributed by atoms with Crippen molar-refractivity contribution >= 4 is 61.5 Å². The number of nitrogens with one attached hydrogen (secondary N) is 1. The van der Waals surface area contributed by atoms with Crippen molar-refractivity contribution in [3.05, 3.63) is 141 Å². The van der Waals surface area contributed by atoms with Crippen LogP contribution in [0.1, 0.15) is 122 Å². The molecule has 0 spiro atoms. The van der Waals surface area contributed by atoms with Crippen LogP contribution in [0.4, 0.5) is 52.1 Å². The maximum Gasteiger partial charge on any atom is 0.426 e. The molecular formula is C57H64Br2F6N8O10. The van der Waals surface area contributed by atoms with Crippen LogP contribution in [0.25, 0.3) is 23.2 Å². The number of carbonyl (C=O) groups excluding carboxylic acids is 3. The van der Waals surface area contributed by atoms with Gasteiger partial charge in [-0.25, -0.2) is 24.4 Å². The Hall–Kier alpha value is -7.03. The Balaban J connectivity index is 0.000000308. The van der Waals surface area contributed by atoms with Gasteiger partial charge in [0.05, 0.1) is 24.6 Å². The van der Waals surface area contributed by atoms with Crippen LogP contribution in [0.15, 0.2) is 116 Å². The van der Waals surface area contributed by atoms with Crippen LogP contribution in [-0.4, -0.2) is 77.8 Å². The number of alkyl halides is 6.